The highest BCUT2D eigenvalue weighted by Gasteiger charge is 2.23. The molecule has 1 fully saturated rings. The summed E-state index contributed by atoms with van der Waals surface area (Å²) in [7, 11) is 4.81. The average molecular weight is 440 g/mol. The molecule has 0 unspecified atom stereocenters. The second kappa shape index (κ2) is 11.5. The Morgan fingerprint density at radius 3 is 2.59 bits per heavy atom. The summed E-state index contributed by atoms with van der Waals surface area (Å²) >= 11 is 0. The topological polar surface area (TPSA) is 71.1 Å². The number of benzene rings is 2. The van der Waals surface area contributed by atoms with E-state index in [2.05, 4.69) is 22.3 Å². The first-order valence-corrected chi connectivity index (χ1v) is 11.0. The number of amides is 2. The number of hydrogen-bond donors (Lipinski definition) is 1. The summed E-state index contributed by atoms with van der Waals surface area (Å²) in [5.74, 6) is 0.830. The minimum absolute atomic E-state index is 0.225. The van der Waals surface area contributed by atoms with Crippen molar-refractivity contribution in [2.75, 3.05) is 52.8 Å². The molecule has 7 nitrogen and oxygen atoms in total. The van der Waals surface area contributed by atoms with Crippen LogP contribution in [0.3, 0.4) is 0 Å². The van der Waals surface area contributed by atoms with E-state index in [1.165, 1.54) is 12.7 Å². The first-order chi connectivity index (χ1) is 15.5. The van der Waals surface area contributed by atoms with Crippen molar-refractivity contribution in [3.63, 3.8) is 0 Å². The Balaban J connectivity index is 1.49. The van der Waals surface area contributed by atoms with E-state index in [0.29, 0.717) is 23.7 Å². The summed E-state index contributed by atoms with van der Waals surface area (Å²) in [6, 6.07) is 14.9. The Hall–Kier alpha value is -3.06. The van der Waals surface area contributed by atoms with Gasteiger partial charge < -0.3 is 24.6 Å². The van der Waals surface area contributed by atoms with Gasteiger partial charge in [0.2, 0.25) is 0 Å². The minimum Gasteiger partial charge on any atom is -0.497 e. The van der Waals surface area contributed by atoms with Crippen LogP contribution in [0, 0.1) is 5.92 Å². The summed E-state index contributed by atoms with van der Waals surface area (Å²) < 4.78 is 10.0. The third kappa shape index (κ3) is 6.47. The van der Waals surface area contributed by atoms with Crippen molar-refractivity contribution in [1.82, 2.24) is 9.80 Å². The number of rotatable bonds is 8. The molecule has 0 saturated carbocycles. The number of likely N-dealkylation sites (tertiary alicyclic amines) is 1. The van der Waals surface area contributed by atoms with Crippen molar-refractivity contribution in [2.45, 2.75) is 19.3 Å². The molecule has 0 aliphatic carbocycles. The van der Waals surface area contributed by atoms with Crippen LogP contribution >= 0.6 is 0 Å². The Bertz CT molecular complexity index is 900. The van der Waals surface area contributed by atoms with Crippen LogP contribution in [0.4, 0.5) is 10.5 Å². The number of nitrogens with zero attached hydrogens (tertiary/aromatic N) is 2. The van der Waals surface area contributed by atoms with Crippen LogP contribution in [0.15, 0.2) is 48.5 Å². The standard InChI is InChI=1S/C25H33N3O4/c1-27(25(30)26-23-9-5-4-8-22(23)24(29)32-3)17-20-7-6-15-28(18-20)16-14-19-10-12-21(31-2)13-11-19/h4-5,8-13,20H,6-7,14-18H2,1-3H3,(H,26,30)/t20-/m0/s1. The molecule has 0 radical (unpaired) electrons. The lowest BCUT2D eigenvalue weighted by Crippen LogP contribution is -2.43. The van der Waals surface area contributed by atoms with E-state index in [4.69, 9.17) is 9.47 Å². The second-order valence-corrected chi connectivity index (χ2v) is 8.25. The number of hydrogen-bond acceptors (Lipinski definition) is 5. The molecule has 1 heterocycles. The maximum absolute atomic E-state index is 12.7. The normalized spacial score (nSPS) is 16.3. The van der Waals surface area contributed by atoms with Gasteiger partial charge in [-0.1, -0.05) is 24.3 Å². The number of piperidine rings is 1. The first kappa shape index (κ1) is 23.6. The van der Waals surface area contributed by atoms with Gasteiger partial charge in [0, 0.05) is 26.7 Å². The number of para-hydroxylation sites is 1. The highest BCUT2D eigenvalue weighted by Crippen LogP contribution is 2.20. The maximum atomic E-state index is 12.7. The van der Waals surface area contributed by atoms with Gasteiger partial charge in [-0.25, -0.2) is 9.59 Å². The molecule has 32 heavy (non-hydrogen) atoms. The number of esters is 1. The van der Waals surface area contributed by atoms with Gasteiger partial charge in [0.05, 0.1) is 25.5 Å². The van der Waals surface area contributed by atoms with Gasteiger partial charge in [0.25, 0.3) is 0 Å². The number of carbonyl (C=O) groups excluding carboxylic acids is 2. The number of nitrogens with one attached hydrogen (secondary N) is 1. The summed E-state index contributed by atoms with van der Waals surface area (Å²) in [6.45, 7) is 3.75. The lowest BCUT2D eigenvalue weighted by molar-refractivity contribution is 0.0602. The summed E-state index contributed by atoms with van der Waals surface area (Å²) in [5, 5.41) is 2.84. The van der Waals surface area contributed by atoms with Crippen LogP contribution in [0.2, 0.25) is 0 Å². The molecule has 7 heteroatoms. The number of carbonyl (C=O) groups is 2. The fourth-order valence-corrected chi connectivity index (χ4v) is 4.14. The van der Waals surface area contributed by atoms with Crippen molar-refractivity contribution in [1.29, 1.82) is 0 Å². The SMILES string of the molecule is COC(=O)c1ccccc1NC(=O)N(C)C[C@@H]1CCCN(CCc2ccc(OC)cc2)C1. The summed E-state index contributed by atoms with van der Waals surface area (Å²) in [4.78, 5) is 28.9. The third-order valence-corrected chi connectivity index (χ3v) is 5.93. The third-order valence-electron chi connectivity index (χ3n) is 5.93. The number of urea groups is 1. The molecule has 2 aromatic carbocycles. The van der Waals surface area contributed by atoms with Gasteiger partial charge in [-0.05, 0) is 61.6 Å². The van der Waals surface area contributed by atoms with Gasteiger partial charge in [0.1, 0.15) is 5.75 Å². The molecule has 1 N–H and O–H groups in total. The van der Waals surface area contributed by atoms with Crippen molar-refractivity contribution in [3.05, 3.63) is 59.7 Å². The van der Waals surface area contributed by atoms with Gasteiger partial charge in [0.15, 0.2) is 0 Å². The number of methoxy groups -OCH3 is 2. The predicted octanol–water partition coefficient (Wildman–Crippen LogP) is 3.90. The Morgan fingerprint density at radius 2 is 1.88 bits per heavy atom. The monoisotopic (exact) mass is 439 g/mol. The van der Waals surface area contributed by atoms with E-state index in [9.17, 15) is 9.59 Å². The van der Waals surface area contributed by atoms with E-state index in [1.54, 1.807) is 43.3 Å². The smallest absolute Gasteiger partial charge is 0.339 e. The Labute approximate surface area is 190 Å². The fourth-order valence-electron chi connectivity index (χ4n) is 4.14. The van der Waals surface area contributed by atoms with Gasteiger partial charge in [-0.15, -0.1) is 0 Å². The van der Waals surface area contributed by atoms with Crippen molar-refractivity contribution >= 4 is 17.7 Å². The van der Waals surface area contributed by atoms with Crippen molar-refractivity contribution in [2.24, 2.45) is 5.92 Å². The highest BCUT2D eigenvalue weighted by atomic mass is 16.5. The Morgan fingerprint density at radius 1 is 1.12 bits per heavy atom. The number of ether oxygens (including phenoxy) is 2. The van der Waals surface area contributed by atoms with E-state index in [1.807, 2.05) is 12.1 Å². The average Bonchev–Trinajstić information content (AvgIpc) is 2.83. The molecule has 0 bridgehead atoms. The second-order valence-electron chi connectivity index (χ2n) is 8.25. The molecule has 1 aliphatic rings. The molecule has 2 amide bonds. The Kier molecular flexibility index (Phi) is 8.50. The zero-order chi connectivity index (χ0) is 22.9. The fraction of sp³-hybridized carbons (Fsp3) is 0.440. The molecular formula is C25H33N3O4. The van der Waals surface area contributed by atoms with Crippen molar-refractivity contribution < 1.29 is 19.1 Å². The van der Waals surface area contributed by atoms with Crippen molar-refractivity contribution in [3.8, 4) is 5.75 Å². The molecule has 1 atom stereocenters. The largest absolute Gasteiger partial charge is 0.497 e. The summed E-state index contributed by atoms with van der Waals surface area (Å²) in [5.41, 5.74) is 2.11. The molecular weight excluding hydrogens is 406 g/mol. The maximum Gasteiger partial charge on any atom is 0.339 e. The van der Waals surface area contributed by atoms with E-state index < -0.39 is 5.97 Å². The lowest BCUT2D eigenvalue weighted by atomic mass is 9.97. The quantitative estimate of drug-likeness (QED) is 0.632. The molecule has 0 spiro atoms. The van der Waals surface area contributed by atoms with Gasteiger partial charge in [-0.3, -0.25) is 0 Å². The van der Waals surface area contributed by atoms with Gasteiger partial charge >= 0.3 is 12.0 Å². The lowest BCUT2D eigenvalue weighted by Gasteiger charge is -2.34. The van der Waals surface area contributed by atoms with Crippen LogP contribution in [0.1, 0.15) is 28.8 Å². The minimum atomic E-state index is -0.469. The number of anilines is 1. The van der Waals surface area contributed by atoms with E-state index in [0.717, 1.165) is 44.6 Å². The molecule has 0 aromatic heterocycles. The van der Waals surface area contributed by atoms with Crippen LogP contribution in [0.25, 0.3) is 0 Å². The van der Waals surface area contributed by atoms with E-state index >= 15 is 0 Å². The predicted molar refractivity (Wildman–Crippen MR) is 125 cm³/mol. The highest BCUT2D eigenvalue weighted by molar-refractivity contribution is 6.00. The van der Waals surface area contributed by atoms with Gasteiger partial charge in [-0.2, -0.15) is 0 Å². The first-order valence-electron chi connectivity index (χ1n) is 11.0. The molecule has 2 aromatic rings. The van der Waals surface area contributed by atoms with E-state index in [-0.39, 0.29) is 6.03 Å². The molecule has 1 aliphatic heterocycles. The molecule has 1 saturated heterocycles. The van der Waals surface area contributed by atoms with Crippen LogP contribution in [0.5, 0.6) is 5.75 Å². The zero-order valence-electron chi connectivity index (χ0n) is 19.2. The van der Waals surface area contributed by atoms with Crippen LogP contribution in [-0.4, -0.2) is 69.2 Å². The molecule has 172 valence electrons. The zero-order valence-corrected chi connectivity index (χ0v) is 19.2. The molecule has 3 rings (SSSR count). The van der Waals surface area contributed by atoms with Crippen LogP contribution < -0.4 is 10.1 Å². The summed E-state index contributed by atoms with van der Waals surface area (Å²) in [6.07, 6.45) is 3.24. The van der Waals surface area contributed by atoms with Crippen LogP contribution in [-0.2, 0) is 11.2 Å².